The lowest BCUT2D eigenvalue weighted by molar-refractivity contribution is 0.469. The molecule has 0 aromatic heterocycles. The van der Waals surface area contributed by atoms with E-state index in [2.05, 4.69) is 55.5 Å². The number of rotatable bonds is 13. The number of hydrogen-bond acceptors (Lipinski definition) is 8. The van der Waals surface area contributed by atoms with Gasteiger partial charge in [0.25, 0.3) is 0 Å². The third-order valence-electron chi connectivity index (χ3n) is 10.3. The minimum Gasteiger partial charge on any atom is -0.457 e. The summed E-state index contributed by atoms with van der Waals surface area (Å²) in [5, 5.41) is 0. The predicted octanol–water partition coefficient (Wildman–Crippen LogP) is 12.3. The largest absolute Gasteiger partial charge is 0.457 e. The van der Waals surface area contributed by atoms with Gasteiger partial charge in [-0.15, -0.1) is 0 Å². The predicted molar refractivity (Wildman–Crippen MR) is 238 cm³/mol. The van der Waals surface area contributed by atoms with Crippen LogP contribution in [0.1, 0.15) is 35.1 Å². The molecule has 0 radical (unpaired) electrons. The van der Waals surface area contributed by atoms with E-state index in [1.807, 2.05) is 133 Å². The lowest BCUT2D eigenvalue weighted by Gasteiger charge is -2.40. The Morgan fingerprint density at radius 2 is 0.576 bits per heavy atom. The second kappa shape index (κ2) is 16.7. The summed E-state index contributed by atoms with van der Waals surface area (Å²) in [6, 6.07) is 62.5. The molecule has 8 rings (SSSR count). The van der Waals surface area contributed by atoms with E-state index in [1.54, 1.807) is 12.1 Å². The van der Waals surface area contributed by atoms with E-state index < -0.39 is 5.41 Å². The van der Waals surface area contributed by atoms with Gasteiger partial charge in [0.2, 0.25) is 0 Å². The Morgan fingerprint density at radius 1 is 0.322 bits per heavy atom. The Hall–Kier alpha value is -7.84. The van der Waals surface area contributed by atoms with Gasteiger partial charge in [0.1, 0.15) is 46.0 Å². The summed E-state index contributed by atoms with van der Waals surface area (Å²) in [4.78, 5) is 0. The minimum atomic E-state index is -0.655. The average Bonchev–Trinajstić information content (AvgIpc) is 3.23. The molecule has 0 aliphatic heterocycles. The van der Waals surface area contributed by atoms with E-state index in [0.717, 1.165) is 22.3 Å². The van der Waals surface area contributed by atoms with Crippen LogP contribution in [0.4, 0.5) is 22.7 Å². The second-order valence-electron chi connectivity index (χ2n) is 14.5. The molecule has 8 heteroatoms. The topological polar surface area (TPSA) is 141 Å². The fourth-order valence-corrected chi connectivity index (χ4v) is 7.41. The molecule has 0 aliphatic rings. The van der Waals surface area contributed by atoms with E-state index in [-0.39, 0.29) is 5.92 Å². The van der Waals surface area contributed by atoms with E-state index in [9.17, 15) is 0 Å². The van der Waals surface area contributed by atoms with Crippen LogP contribution in [-0.4, -0.2) is 0 Å². The van der Waals surface area contributed by atoms with Gasteiger partial charge in [0.05, 0.1) is 0 Å². The van der Waals surface area contributed by atoms with E-state index >= 15 is 0 Å². The first-order valence-electron chi connectivity index (χ1n) is 19.2. The Kier molecular flexibility index (Phi) is 10.8. The van der Waals surface area contributed by atoms with Crippen LogP contribution >= 0.6 is 0 Å². The Labute approximate surface area is 344 Å². The van der Waals surface area contributed by atoms with Gasteiger partial charge in [-0.3, -0.25) is 0 Å². The van der Waals surface area contributed by atoms with Crippen molar-refractivity contribution in [3.05, 3.63) is 216 Å². The molecule has 8 aromatic rings. The van der Waals surface area contributed by atoms with Crippen LogP contribution in [0.3, 0.4) is 0 Å². The van der Waals surface area contributed by atoms with Gasteiger partial charge in [0, 0.05) is 58.3 Å². The van der Waals surface area contributed by atoms with E-state index in [0.29, 0.717) is 68.7 Å². The Morgan fingerprint density at radius 3 is 0.831 bits per heavy atom. The smallest absolute Gasteiger partial charge is 0.129 e. The molecular weight excluding hydrogens is 733 g/mol. The quantitative estimate of drug-likeness (QED) is 0.0848. The third kappa shape index (κ3) is 8.93. The van der Waals surface area contributed by atoms with Crippen molar-refractivity contribution < 1.29 is 18.9 Å². The van der Waals surface area contributed by atoms with Gasteiger partial charge in [-0.05, 0) is 119 Å². The molecule has 8 aromatic carbocycles. The summed E-state index contributed by atoms with van der Waals surface area (Å²) in [5.74, 6) is 5.20. The van der Waals surface area contributed by atoms with E-state index in [1.165, 1.54) is 0 Å². The summed E-state index contributed by atoms with van der Waals surface area (Å²) in [7, 11) is 0. The molecule has 0 atom stereocenters. The first-order chi connectivity index (χ1) is 28.7. The Balaban J connectivity index is 1.22. The fraction of sp³-hybridized carbons (Fsp3) is 0.0588. The van der Waals surface area contributed by atoms with Gasteiger partial charge in [-0.2, -0.15) is 0 Å². The highest BCUT2D eigenvalue weighted by molar-refractivity contribution is 5.55. The van der Waals surface area contributed by atoms with Gasteiger partial charge >= 0.3 is 0 Å². The standard InChI is InChI=1S/C51H44N4O4/c1-51(36-18-26-44(27-19-36)58-48-12-4-8-40(54)32-48,37-20-28-45(29-21-37)59-49-13-5-9-41(55)33-49)50(34-14-22-42(23-15-34)56-46-10-2-6-38(52)30-46)35-16-24-43(25-17-35)57-47-11-3-7-39(53)31-47/h2-33,50H,52-55H2,1H3. The average molecular weight is 777 g/mol. The normalized spacial score (nSPS) is 11.2. The lowest BCUT2D eigenvalue weighted by Crippen LogP contribution is -2.33. The van der Waals surface area contributed by atoms with Crippen molar-refractivity contribution in [2.45, 2.75) is 18.3 Å². The fourth-order valence-electron chi connectivity index (χ4n) is 7.41. The van der Waals surface area contributed by atoms with Crippen molar-refractivity contribution >= 4 is 22.7 Å². The van der Waals surface area contributed by atoms with Crippen LogP contribution in [0.5, 0.6) is 46.0 Å². The van der Waals surface area contributed by atoms with Crippen LogP contribution in [0.2, 0.25) is 0 Å². The summed E-state index contributed by atoms with van der Waals surface area (Å²) in [6.07, 6.45) is 0. The van der Waals surface area contributed by atoms with Crippen LogP contribution in [-0.2, 0) is 5.41 Å². The number of hydrogen-bond donors (Lipinski definition) is 4. The number of benzene rings is 8. The van der Waals surface area contributed by atoms with Crippen LogP contribution in [0.15, 0.2) is 194 Å². The van der Waals surface area contributed by atoms with Crippen molar-refractivity contribution in [2.75, 3.05) is 22.9 Å². The zero-order chi connectivity index (χ0) is 40.8. The van der Waals surface area contributed by atoms with Crippen LogP contribution < -0.4 is 41.9 Å². The molecule has 0 amide bonds. The number of ether oxygens (including phenoxy) is 4. The molecule has 0 fully saturated rings. The summed E-state index contributed by atoms with van der Waals surface area (Å²) in [5.41, 5.74) is 30.3. The molecule has 0 saturated heterocycles. The highest BCUT2D eigenvalue weighted by Crippen LogP contribution is 2.49. The van der Waals surface area contributed by atoms with Crippen LogP contribution in [0.25, 0.3) is 0 Å². The van der Waals surface area contributed by atoms with Gasteiger partial charge in [-0.1, -0.05) is 79.7 Å². The molecule has 8 nitrogen and oxygen atoms in total. The maximum atomic E-state index is 6.23. The highest BCUT2D eigenvalue weighted by atomic mass is 16.5. The first-order valence-corrected chi connectivity index (χ1v) is 19.2. The zero-order valence-electron chi connectivity index (χ0n) is 32.5. The number of anilines is 4. The van der Waals surface area contributed by atoms with Gasteiger partial charge < -0.3 is 41.9 Å². The van der Waals surface area contributed by atoms with E-state index in [4.69, 9.17) is 41.9 Å². The summed E-state index contributed by atoms with van der Waals surface area (Å²) >= 11 is 0. The highest BCUT2D eigenvalue weighted by Gasteiger charge is 2.40. The van der Waals surface area contributed by atoms with Crippen molar-refractivity contribution in [3.8, 4) is 46.0 Å². The molecular formula is C51H44N4O4. The molecule has 292 valence electrons. The molecule has 0 spiro atoms. The molecule has 0 saturated carbocycles. The van der Waals surface area contributed by atoms with Gasteiger partial charge in [0.15, 0.2) is 0 Å². The zero-order valence-corrected chi connectivity index (χ0v) is 32.5. The number of nitrogen functional groups attached to an aromatic ring is 4. The van der Waals surface area contributed by atoms with Crippen molar-refractivity contribution in [1.29, 1.82) is 0 Å². The summed E-state index contributed by atoms with van der Waals surface area (Å²) < 4.78 is 24.9. The second-order valence-corrected chi connectivity index (χ2v) is 14.5. The number of nitrogens with two attached hydrogens (primary N) is 4. The molecule has 59 heavy (non-hydrogen) atoms. The molecule has 0 aliphatic carbocycles. The van der Waals surface area contributed by atoms with Crippen molar-refractivity contribution in [3.63, 3.8) is 0 Å². The van der Waals surface area contributed by atoms with Gasteiger partial charge in [-0.25, -0.2) is 0 Å². The molecule has 8 N–H and O–H groups in total. The summed E-state index contributed by atoms with van der Waals surface area (Å²) in [6.45, 7) is 2.27. The maximum absolute atomic E-state index is 6.23. The third-order valence-corrected chi connectivity index (χ3v) is 10.3. The molecule has 0 heterocycles. The maximum Gasteiger partial charge on any atom is 0.129 e. The molecule has 0 unspecified atom stereocenters. The lowest BCUT2D eigenvalue weighted by atomic mass is 9.62. The SMILES string of the molecule is CC(c1ccc(Oc2cccc(N)c2)cc1)(c1ccc(Oc2cccc(N)c2)cc1)C(c1ccc(Oc2cccc(N)c2)cc1)c1ccc(Oc2cccc(N)c2)cc1. The van der Waals surface area contributed by atoms with Crippen molar-refractivity contribution in [2.24, 2.45) is 0 Å². The monoisotopic (exact) mass is 776 g/mol. The minimum absolute atomic E-state index is 0.216. The van der Waals surface area contributed by atoms with Crippen molar-refractivity contribution in [1.82, 2.24) is 0 Å². The Bertz CT molecular complexity index is 2480. The first kappa shape index (κ1) is 38.1. The molecule has 0 bridgehead atoms. The van der Waals surface area contributed by atoms with Crippen LogP contribution in [0, 0.1) is 0 Å².